The van der Waals surface area contributed by atoms with Crippen LogP contribution in [0.15, 0.2) is 12.4 Å². The highest BCUT2D eigenvalue weighted by Crippen LogP contribution is 2.18. The van der Waals surface area contributed by atoms with E-state index in [1.54, 1.807) is 13.3 Å². The van der Waals surface area contributed by atoms with Gasteiger partial charge >= 0.3 is 0 Å². The number of amides is 1. The Hall–Kier alpha value is -1.53. The van der Waals surface area contributed by atoms with Gasteiger partial charge in [0.15, 0.2) is 0 Å². The molecule has 1 aromatic heterocycles. The van der Waals surface area contributed by atoms with E-state index < -0.39 is 0 Å². The van der Waals surface area contributed by atoms with Crippen LogP contribution >= 0.6 is 0 Å². The van der Waals surface area contributed by atoms with Gasteiger partial charge < -0.3 is 15.4 Å². The monoisotopic (exact) mass is 264 g/mol. The Kier molecular flexibility index (Phi) is 4.44. The fourth-order valence-electron chi connectivity index (χ4n) is 2.32. The van der Waals surface area contributed by atoms with Crippen LogP contribution in [0, 0.1) is 6.92 Å². The Morgan fingerprint density at radius 3 is 2.95 bits per heavy atom. The predicted octanol–water partition coefficient (Wildman–Crippen LogP) is 0.283. The topological polar surface area (TPSA) is 76.1 Å². The van der Waals surface area contributed by atoms with Crippen molar-refractivity contribution in [3.05, 3.63) is 23.8 Å². The highest BCUT2D eigenvalue weighted by atomic mass is 16.5. The normalized spacial score (nSPS) is 22.4. The second kappa shape index (κ2) is 6.08. The smallest absolute Gasteiger partial charge is 0.271 e. The largest absolute Gasteiger partial charge is 0.383 e. The van der Waals surface area contributed by atoms with Crippen LogP contribution in [0.3, 0.4) is 0 Å². The molecule has 6 heteroatoms. The molecule has 6 nitrogen and oxygen atoms in total. The van der Waals surface area contributed by atoms with Crippen molar-refractivity contribution in [3.8, 4) is 0 Å². The summed E-state index contributed by atoms with van der Waals surface area (Å²) in [6.07, 6.45) is 5.19. The van der Waals surface area contributed by atoms with Gasteiger partial charge in [-0.1, -0.05) is 0 Å². The maximum absolute atomic E-state index is 12.0. The number of rotatable bonds is 5. The summed E-state index contributed by atoms with van der Waals surface area (Å²) in [6, 6.07) is 0. The van der Waals surface area contributed by atoms with Crippen molar-refractivity contribution in [1.29, 1.82) is 0 Å². The third-order valence-corrected chi connectivity index (χ3v) is 3.35. The van der Waals surface area contributed by atoms with Gasteiger partial charge in [-0.3, -0.25) is 9.78 Å². The molecule has 0 saturated carbocycles. The SMILES string of the molecule is COCC1(CNC(=O)c2cnc(C)cn2)CCCN1. The van der Waals surface area contributed by atoms with Crippen LogP contribution in [0.4, 0.5) is 0 Å². The molecule has 0 spiro atoms. The number of carbonyl (C=O) groups excluding carboxylic acids is 1. The molecule has 1 saturated heterocycles. The number of carbonyl (C=O) groups is 1. The summed E-state index contributed by atoms with van der Waals surface area (Å²) in [5, 5.41) is 6.31. The van der Waals surface area contributed by atoms with Crippen molar-refractivity contribution in [1.82, 2.24) is 20.6 Å². The van der Waals surface area contributed by atoms with Gasteiger partial charge in [0.1, 0.15) is 5.69 Å². The van der Waals surface area contributed by atoms with E-state index in [1.165, 1.54) is 6.20 Å². The predicted molar refractivity (Wildman–Crippen MR) is 70.9 cm³/mol. The molecule has 1 amide bonds. The second-order valence-electron chi connectivity index (χ2n) is 4.97. The van der Waals surface area contributed by atoms with Gasteiger partial charge in [0.05, 0.1) is 24.0 Å². The number of aromatic nitrogens is 2. The van der Waals surface area contributed by atoms with Crippen molar-refractivity contribution in [2.45, 2.75) is 25.3 Å². The molecule has 0 radical (unpaired) electrons. The molecule has 1 aliphatic rings. The number of nitrogens with zero attached hydrogens (tertiary/aromatic N) is 2. The molecule has 104 valence electrons. The molecular formula is C13H20N4O2. The van der Waals surface area contributed by atoms with E-state index in [4.69, 9.17) is 4.74 Å². The number of hydrogen-bond acceptors (Lipinski definition) is 5. The van der Waals surface area contributed by atoms with Crippen molar-refractivity contribution in [2.75, 3.05) is 26.8 Å². The molecule has 0 aromatic carbocycles. The number of aryl methyl sites for hydroxylation is 1. The average Bonchev–Trinajstić information content (AvgIpc) is 2.86. The van der Waals surface area contributed by atoms with Crippen LogP contribution in [0.25, 0.3) is 0 Å². The fourth-order valence-corrected chi connectivity index (χ4v) is 2.32. The van der Waals surface area contributed by atoms with Crippen molar-refractivity contribution >= 4 is 5.91 Å². The summed E-state index contributed by atoms with van der Waals surface area (Å²) < 4.78 is 5.24. The third-order valence-electron chi connectivity index (χ3n) is 3.35. The lowest BCUT2D eigenvalue weighted by molar-refractivity contribution is 0.0887. The molecule has 1 aliphatic heterocycles. The molecule has 2 heterocycles. The van der Waals surface area contributed by atoms with Crippen LogP contribution in [-0.2, 0) is 4.74 Å². The first-order chi connectivity index (χ1) is 9.15. The Bertz CT molecular complexity index is 427. The van der Waals surface area contributed by atoms with E-state index in [-0.39, 0.29) is 11.4 Å². The van der Waals surface area contributed by atoms with E-state index in [0.717, 1.165) is 25.1 Å². The molecule has 2 rings (SSSR count). The standard InChI is InChI=1S/C13H20N4O2/c1-10-6-15-11(7-14-10)12(18)16-8-13(9-19-2)4-3-5-17-13/h6-7,17H,3-5,8-9H2,1-2H3,(H,16,18). The number of hydrogen-bond donors (Lipinski definition) is 2. The van der Waals surface area contributed by atoms with E-state index >= 15 is 0 Å². The minimum absolute atomic E-state index is 0.150. The fraction of sp³-hybridized carbons (Fsp3) is 0.615. The number of ether oxygens (including phenoxy) is 1. The highest BCUT2D eigenvalue weighted by molar-refractivity contribution is 5.91. The molecular weight excluding hydrogens is 244 g/mol. The number of nitrogens with one attached hydrogen (secondary N) is 2. The average molecular weight is 264 g/mol. The lowest BCUT2D eigenvalue weighted by Gasteiger charge is -2.28. The van der Waals surface area contributed by atoms with Crippen LogP contribution in [0.2, 0.25) is 0 Å². The maximum atomic E-state index is 12.0. The van der Waals surface area contributed by atoms with Crippen LogP contribution < -0.4 is 10.6 Å². The van der Waals surface area contributed by atoms with E-state index in [2.05, 4.69) is 20.6 Å². The molecule has 1 unspecified atom stereocenters. The van der Waals surface area contributed by atoms with Gasteiger partial charge in [-0.05, 0) is 26.3 Å². The molecule has 1 aromatic rings. The zero-order chi connectivity index (χ0) is 13.7. The number of methoxy groups -OCH3 is 1. The minimum atomic E-state index is -0.198. The van der Waals surface area contributed by atoms with Gasteiger partial charge in [-0.25, -0.2) is 4.98 Å². The molecule has 2 N–H and O–H groups in total. The zero-order valence-electron chi connectivity index (χ0n) is 11.4. The summed E-state index contributed by atoms with van der Waals surface area (Å²) in [5.41, 5.74) is 0.990. The van der Waals surface area contributed by atoms with Crippen LogP contribution in [0.1, 0.15) is 29.0 Å². The zero-order valence-corrected chi connectivity index (χ0v) is 11.4. The van der Waals surface area contributed by atoms with E-state index in [1.807, 2.05) is 6.92 Å². The highest BCUT2D eigenvalue weighted by Gasteiger charge is 2.33. The first-order valence-corrected chi connectivity index (χ1v) is 6.46. The maximum Gasteiger partial charge on any atom is 0.271 e. The van der Waals surface area contributed by atoms with E-state index in [9.17, 15) is 4.79 Å². The third kappa shape index (κ3) is 3.48. The van der Waals surface area contributed by atoms with Gasteiger partial charge in [0.25, 0.3) is 5.91 Å². The van der Waals surface area contributed by atoms with Crippen molar-refractivity contribution < 1.29 is 9.53 Å². The first-order valence-electron chi connectivity index (χ1n) is 6.46. The van der Waals surface area contributed by atoms with Crippen LogP contribution in [-0.4, -0.2) is 48.2 Å². The summed E-state index contributed by atoms with van der Waals surface area (Å²) in [6.45, 7) is 3.93. The molecule has 0 bridgehead atoms. The van der Waals surface area contributed by atoms with Crippen LogP contribution in [0.5, 0.6) is 0 Å². The Balaban J connectivity index is 1.93. The van der Waals surface area contributed by atoms with E-state index in [0.29, 0.717) is 18.8 Å². The second-order valence-corrected chi connectivity index (χ2v) is 4.97. The van der Waals surface area contributed by atoms with Crippen molar-refractivity contribution in [3.63, 3.8) is 0 Å². The minimum Gasteiger partial charge on any atom is -0.383 e. The van der Waals surface area contributed by atoms with Gasteiger partial charge in [-0.2, -0.15) is 0 Å². The Morgan fingerprint density at radius 2 is 2.37 bits per heavy atom. The first kappa shape index (κ1) is 13.9. The summed E-state index contributed by atoms with van der Waals surface area (Å²) >= 11 is 0. The summed E-state index contributed by atoms with van der Waals surface area (Å²) in [4.78, 5) is 20.1. The lowest BCUT2D eigenvalue weighted by atomic mass is 9.98. The van der Waals surface area contributed by atoms with Gasteiger partial charge in [0.2, 0.25) is 0 Å². The summed E-state index contributed by atoms with van der Waals surface area (Å²) in [5.74, 6) is -0.198. The molecule has 1 fully saturated rings. The Labute approximate surface area is 113 Å². The van der Waals surface area contributed by atoms with Gasteiger partial charge in [-0.15, -0.1) is 0 Å². The Morgan fingerprint density at radius 1 is 1.53 bits per heavy atom. The lowest BCUT2D eigenvalue weighted by Crippen LogP contribution is -2.53. The summed E-state index contributed by atoms with van der Waals surface area (Å²) in [7, 11) is 1.68. The molecule has 19 heavy (non-hydrogen) atoms. The van der Waals surface area contributed by atoms with Crippen molar-refractivity contribution in [2.24, 2.45) is 0 Å². The molecule has 0 aliphatic carbocycles. The van der Waals surface area contributed by atoms with Gasteiger partial charge in [0, 0.05) is 19.9 Å². The quantitative estimate of drug-likeness (QED) is 0.799. The molecule has 1 atom stereocenters.